The van der Waals surface area contributed by atoms with Crippen LogP contribution in [0.2, 0.25) is 0 Å². The number of nitrogens with zero attached hydrogens (tertiary/aromatic N) is 4. The molecule has 0 fully saturated rings. The van der Waals surface area contributed by atoms with Gasteiger partial charge in [-0.05, 0) is 52.9 Å². The van der Waals surface area contributed by atoms with Crippen LogP contribution < -0.4 is 19.7 Å². The summed E-state index contributed by atoms with van der Waals surface area (Å²) < 4.78 is 11.5. The lowest BCUT2D eigenvalue weighted by Crippen LogP contribution is -2.18. The van der Waals surface area contributed by atoms with E-state index in [9.17, 15) is 0 Å². The minimum atomic E-state index is 0.107. The zero-order valence-corrected chi connectivity index (χ0v) is 18.7. The highest BCUT2D eigenvalue weighted by atomic mass is 16.6. The first-order valence-corrected chi connectivity index (χ1v) is 11.5. The largest absolute Gasteiger partial charge is 0.486 e. The van der Waals surface area contributed by atoms with Gasteiger partial charge in [0.25, 0.3) is 0 Å². The van der Waals surface area contributed by atoms with Gasteiger partial charge in [0.2, 0.25) is 0 Å². The van der Waals surface area contributed by atoms with Crippen LogP contribution in [0.4, 0.5) is 11.5 Å². The summed E-state index contributed by atoms with van der Waals surface area (Å²) in [5.41, 5.74) is 7.36. The number of hydrogen-bond donors (Lipinski definition) is 2. The summed E-state index contributed by atoms with van der Waals surface area (Å²) in [6, 6.07) is 14.6. The number of pyridine rings is 1. The van der Waals surface area contributed by atoms with E-state index in [1.807, 2.05) is 18.3 Å². The van der Waals surface area contributed by atoms with Crippen LogP contribution in [-0.2, 0) is 13.0 Å². The molecule has 0 atom stereocenters. The molecule has 4 heterocycles. The molecule has 0 amide bonds. The van der Waals surface area contributed by atoms with Gasteiger partial charge in [-0.15, -0.1) is 0 Å². The first-order chi connectivity index (χ1) is 16.8. The minimum absolute atomic E-state index is 0.107. The Labute approximate surface area is 197 Å². The van der Waals surface area contributed by atoms with Gasteiger partial charge < -0.3 is 24.8 Å². The van der Waals surface area contributed by atoms with E-state index in [-0.39, 0.29) is 6.61 Å². The normalized spacial score (nSPS) is 14.4. The fraction of sp³-hybridized carbons (Fsp3) is 0.269. The molecule has 8 heteroatoms. The van der Waals surface area contributed by atoms with Gasteiger partial charge >= 0.3 is 0 Å². The number of rotatable bonds is 6. The van der Waals surface area contributed by atoms with E-state index in [4.69, 9.17) is 19.6 Å². The molecule has 0 saturated heterocycles. The maximum absolute atomic E-state index is 8.98. The molecule has 0 saturated carbocycles. The molecule has 6 rings (SSSR count). The van der Waals surface area contributed by atoms with Crippen molar-refractivity contribution in [2.24, 2.45) is 0 Å². The smallest absolute Gasteiger partial charge is 0.163 e. The van der Waals surface area contributed by atoms with Crippen LogP contribution in [-0.4, -0.2) is 53.0 Å². The monoisotopic (exact) mass is 455 g/mol. The number of aromatic nitrogens is 3. The third kappa shape index (κ3) is 3.70. The molecule has 8 nitrogen and oxygen atoms in total. The quantitative estimate of drug-likeness (QED) is 0.428. The Morgan fingerprint density at radius 2 is 1.91 bits per heavy atom. The highest BCUT2D eigenvalue weighted by Gasteiger charge is 2.26. The summed E-state index contributed by atoms with van der Waals surface area (Å²) in [7, 11) is 0. The number of aliphatic hydroxyl groups is 1. The van der Waals surface area contributed by atoms with E-state index in [0.29, 0.717) is 26.3 Å². The van der Waals surface area contributed by atoms with Crippen LogP contribution in [0.15, 0.2) is 55.0 Å². The zero-order chi connectivity index (χ0) is 22.9. The van der Waals surface area contributed by atoms with Crippen molar-refractivity contribution in [1.82, 2.24) is 20.3 Å². The highest BCUT2D eigenvalue weighted by molar-refractivity contribution is 5.90. The zero-order valence-electron chi connectivity index (χ0n) is 18.7. The van der Waals surface area contributed by atoms with E-state index < -0.39 is 0 Å². The molecule has 2 aromatic carbocycles. The average molecular weight is 456 g/mol. The summed E-state index contributed by atoms with van der Waals surface area (Å²) in [5, 5.41) is 12.2. The second kappa shape index (κ2) is 8.89. The van der Waals surface area contributed by atoms with E-state index in [1.165, 1.54) is 11.1 Å². The van der Waals surface area contributed by atoms with Crippen molar-refractivity contribution in [2.75, 3.05) is 37.8 Å². The van der Waals surface area contributed by atoms with Gasteiger partial charge in [-0.25, -0.2) is 9.97 Å². The van der Waals surface area contributed by atoms with E-state index in [0.717, 1.165) is 58.1 Å². The van der Waals surface area contributed by atoms with Gasteiger partial charge in [0.15, 0.2) is 17.3 Å². The highest BCUT2D eigenvalue weighted by Crippen LogP contribution is 2.42. The molecule has 0 spiro atoms. The van der Waals surface area contributed by atoms with Crippen LogP contribution in [0.25, 0.3) is 22.2 Å². The lowest BCUT2D eigenvalue weighted by atomic mass is 9.97. The van der Waals surface area contributed by atoms with Crippen LogP contribution >= 0.6 is 0 Å². The van der Waals surface area contributed by atoms with Crippen LogP contribution in [0, 0.1) is 0 Å². The van der Waals surface area contributed by atoms with Gasteiger partial charge in [-0.3, -0.25) is 4.98 Å². The number of aliphatic hydroxyl groups excluding tert-OH is 1. The van der Waals surface area contributed by atoms with E-state index in [2.05, 4.69) is 50.5 Å². The first kappa shape index (κ1) is 20.8. The molecule has 0 radical (unpaired) electrons. The molecule has 4 aromatic rings. The molecule has 0 unspecified atom stereocenters. The van der Waals surface area contributed by atoms with Crippen LogP contribution in [0.5, 0.6) is 11.5 Å². The lowest BCUT2D eigenvalue weighted by Gasteiger charge is -2.21. The third-order valence-corrected chi connectivity index (χ3v) is 6.27. The number of fused-ring (bicyclic) bond motifs is 3. The molecule has 2 N–H and O–H groups in total. The maximum Gasteiger partial charge on any atom is 0.163 e. The Morgan fingerprint density at radius 3 is 2.82 bits per heavy atom. The minimum Gasteiger partial charge on any atom is -0.486 e. The number of anilines is 2. The molecule has 2 aliphatic rings. The fourth-order valence-corrected chi connectivity index (χ4v) is 4.71. The molecule has 2 aromatic heterocycles. The summed E-state index contributed by atoms with van der Waals surface area (Å²) in [5.74, 6) is 2.41. The van der Waals surface area contributed by atoms with Gasteiger partial charge in [0.1, 0.15) is 25.1 Å². The van der Waals surface area contributed by atoms with Crippen molar-refractivity contribution in [3.05, 3.63) is 66.1 Å². The summed E-state index contributed by atoms with van der Waals surface area (Å²) in [6.45, 7) is 3.27. The van der Waals surface area contributed by atoms with Gasteiger partial charge in [0, 0.05) is 31.5 Å². The van der Waals surface area contributed by atoms with E-state index >= 15 is 0 Å². The standard InChI is InChI=1S/C26H25N5O3/c32-9-7-27-14-17-12-21-25(28-15-17)26(30-16-29-21)31-8-6-20-19(2-1-3-22(20)31)18-4-5-23-24(13-18)34-11-10-33-23/h1-5,12-13,15-16,27,32H,6-11,14H2. The van der Waals surface area contributed by atoms with Crippen molar-refractivity contribution in [3.63, 3.8) is 0 Å². The average Bonchev–Trinajstić information content (AvgIpc) is 3.32. The Bertz CT molecular complexity index is 1360. The van der Waals surface area contributed by atoms with Gasteiger partial charge in [0.05, 0.1) is 12.1 Å². The third-order valence-electron chi connectivity index (χ3n) is 6.27. The molecule has 0 bridgehead atoms. The number of nitrogens with one attached hydrogen (secondary N) is 1. The van der Waals surface area contributed by atoms with Crippen molar-refractivity contribution >= 4 is 22.5 Å². The van der Waals surface area contributed by atoms with Gasteiger partial charge in [-0.2, -0.15) is 0 Å². The fourth-order valence-electron chi connectivity index (χ4n) is 4.71. The molecular formula is C26H25N5O3. The van der Waals surface area contributed by atoms with Gasteiger partial charge in [-0.1, -0.05) is 18.2 Å². The van der Waals surface area contributed by atoms with Crippen molar-refractivity contribution in [2.45, 2.75) is 13.0 Å². The molecule has 172 valence electrons. The molecule has 0 aliphatic carbocycles. The Morgan fingerprint density at radius 1 is 1.00 bits per heavy atom. The molecule has 34 heavy (non-hydrogen) atoms. The summed E-state index contributed by atoms with van der Waals surface area (Å²) in [6.07, 6.45) is 4.36. The van der Waals surface area contributed by atoms with Crippen LogP contribution in [0.1, 0.15) is 11.1 Å². The molecular weight excluding hydrogens is 430 g/mol. The van der Waals surface area contributed by atoms with Crippen molar-refractivity contribution in [1.29, 1.82) is 0 Å². The Balaban J connectivity index is 1.35. The number of hydrogen-bond acceptors (Lipinski definition) is 8. The van der Waals surface area contributed by atoms with E-state index in [1.54, 1.807) is 6.33 Å². The second-order valence-electron chi connectivity index (χ2n) is 8.37. The molecule has 2 aliphatic heterocycles. The SMILES string of the molecule is OCCNCc1cnc2c(N3CCc4c(-c5ccc6c(c5)OCCO6)cccc43)ncnc2c1. The van der Waals surface area contributed by atoms with Crippen molar-refractivity contribution < 1.29 is 14.6 Å². The number of ether oxygens (including phenoxy) is 2. The lowest BCUT2D eigenvalue weighted by molar-refractivity contribution is 0.171. The summed E-state index contributed by atoms with van der Waals surface area (Å²) >= 11 is 0. The summed E-state index contributed by atoms with van der Waals surface area (Å²) in [4.78, 5) is 16.0. The Kier molecular flexibility index (Phi) is 5.44. The topological polar surface area (TPSA) is 92.6 Å². The second-order valence-corrected chi connectivity index (χ2v) is 8.37. The Hall–Kier alpha value is -3.75. The predicted molar refractivity (Wildman–Crippen MR) is 130 cm³/mol. The van der Waals surface area contributed by atoms with Crippen molar-refractivity contribution in [3.8, 4) is 22.6 Å². The predicted octanol–water partition coefficient (Wildman–Crippen LogP) is 3.24. The first-order valence-electron chi connectivity index (χ1n) is 11.5. The maximum atomic E-state index is 8.98. The van der Waals surface area contributed by atoms with Crippen LogP contribution in [0.3, 0.4) is 0 Å². The number of benzene rings is 2.